The monoisotopic (exact) mass is 541 g/mol. The minimum Gasteiger partial charge on any atom is -0.491 e. The number of fused-ring (bicyclic) bond motifs is 1. The van der Waals surface area contributed by atoms with Crippen LogP contribution in [0.2, 0.25) is 0 Å². The second kappa shape index (κ2) is 11.4. The van der Waals surface area contributed by atoms with Gasteiger partial charge in [-0.05, 0) is 42.8 Å². The summed E-state index contributed by atoms with van der Waals surface area (Å²) in [5.74, 6) is -0.629. The Bertz CT molecular complexity index is 1310. The van der Waals surface area contributed by atoms with Crippen molar-refractivity contribution in [1.82, 2.24) is 20.6 Å². The van der Waals surface area contributed by atoms with E-state index in [1.807, 2.05) is 31.2 Å². The normalized spacial score (nSPS) is 17.5. The summed E-state index contributed by atoms with van der Waals surface area (Å²) >= 11 is 0. The number of halogens is 3. The largest absolute Gasteiger partial charge is 0.491 e. The minimum atomic E-state index is -4.72. The summed E-state index contributed by atoms with van der Waals surface area (Å²) in [6, 6.07) is 12.1. The molecule has 4 N–H and O–H groups in total. The molecule has 39 heavy (non-hydrogen) atoms. The van der Waals surface area contributed by atoms with Crippen LogP contribution in [-0.2, 0) is 6.18 Å². The van der Waals surface area contributed by atoms with Crippen LogP contribution in [0.3, 0.4) is 0 Å². The molecule has 1 aromatic heterocycles. The summed E-state index contributed by atoms with van der Waals surface area (Å²) in [6.45, 7) is 5.89. The Morgan fingerprint density at radius 1 is 1.10 bits per heavy atom. The highest BCUT2D eigenvalue weighted by Crippen LogP contribution is 2.37. The molecule has 0 saturated carbocycles. The maximum absolute atomic E-state index is 13.9. The fourth-order valence-electron chi connectivity index (χ4n) is 4.66. The van der Waals surface area contributed by atoms with Gasteiger partial charge in [-0.25, -0.2) is 4.98 Å². The standard InChI is InChI=1S/C27H30F3N7O2/c1-2-4-18-16-39-22-6-3-5-21(23(22)25(38)33-18)35-24-20(27(28,29)30)15-32-26(36-24)34-17-7-9-19(10-8-17)37-13-11-31-12-14-37/h3,5-10,15,18,31H,2,4,11-14,16H2,1H3,(H,33,38)(H2,32,34,35,36). The lowest BCUT2D eigenvalue weighted by Crippen LogP contribution is -2.43. The Labute approximate surface area is 224 Å². The van der Waals surface area contributed by atoms with Crippen LogP contribution < -0.4 is 30.9 Å². The van der Waals surface area contributed by atoms with Crippen molar-refractivity contribution in [2.24, 2.45) is 0 Å². The van der Waals surface area contributed by atoms with Gasteiger partial charge >= 0.3 is 6.18 Å². The maximum Gasteiger partial charge on any atom is 0.421 e. The molecular formula is C27H30F3N7O2. The van der Waals surface area contributed by atoms with E-state index in [4.69, 9.17) is 4.74 Å². The predicted molar refractivity (Wildman–Crippen MR) is 143 cm³/mol. The van der Waals surface area contributed by atoms with Crippen molar-refractivity contribution in [3.63, 3.8) is 0 Å². The number of hydrogen-bond donors (Lipinski definition) is 4. The van der Waals surface area contributed by atoms with Crippen LogP contribution in [-0.4, -0.2) is 54.7 Å². The summed E-state index contributed by atoms with van der Waals surface area (Å²) in [5.41, 5.74) is 0.907. The molecular weight excluding hydrogens is 511 g/mol. The van der Waals surface area contributed by atoms with E-state index in [1.165, 1.54) is 6.07 Å². The number of amides is 1. The van der Waals surface area contributed by atoms with Gasteiger partial charge in [0.15, 0.2) is 0 Å². The third kappa shape index (κ3) is 6.17. The Balaban J connectivity index is 1.41. The van der Waals surface area contributed by atoms with E-state index in [0.29, 0.717) is 11.4 Å². The number of anilines is 5. The van der Waals surface area contributed by atoms with E-state index < -0.39 is 23.5 Å². The van der Waals surface area contributed by atoms with Crippen molar-refractivity contribution in [1.29, 1.82) is 0 Å². The first-order valence-electron chi connectivity index (χ1n) is 12.9. The van der Waals surface area contributed by atoms with Crippen LogP contribution in [0.4, 0.5) is 42.0 Å². The Kier molecular flexibility index (Phi) is 7.73. The van der Waals surface area contributed by atoms with Crippen LogP contribution in [0.15, 0.2) is 48.7 Å². The lowest BCUT2D eigenvalue weighted by Gasteiger charge is -2.29. The molecule has 206 valence electrons. The van der Waals surface area contributed by atoms with Crippen LogP contribution >= 0.6 is 0 Å². The average molecular weight is 542 g/mol. The van der Waals surface area contributed by atoms with Gasteiger partial charge < -0.3 is 30.9 Å². The van der Waals surface area contributed by atoms with Crippen molar-refractivity contribution in [3.8, 4) is 5.75 Å². The molecule has 1 fully saturated rings. The second-order valence-electron chi connectivity index (χ2n) is 9.44. The van der Waals surface area contributed by atoms with Crippen molar-refractivity contribution >= 4 is 34.7 Å². The summed E-state index contributed by atoms with van der Waals surface area (Å²) in [4.78, 5) is 23.3. The topological polar surface area (TPSA) is 103 Å². The molecule has 2 aliphatic heterocycles. The fourth-order valence-corrected chi connectivity index (χ4v) is 4.66. The van der Waals surface area contributed by atoms with Gasteiger partial charge in [-0.3, -0.25) is 4.79 Å². The number of nitrogens with one attached hydrogen (secondary N) is 4. The van der Waals surface area contributed by atoms with E-state index in [9.17, 15) is 18.0 Å². The number of ether oxygens (including phenoxy) is 1. The molecule has 9 nitrogen and oxygen atoms in total. The number of rotatable bonds is 7. The maximum atomic E-state index is 13.9. The lowest BCUT2D eigenvalue weighted by atomic mass is 10.1. The third-order valence-corrected chi connectivity index (χ3v) is 6.62. The van der Waals surface area contributed by atoms with Crippen molar-refractivity contribution < 1.29 is 22.7 Å². The van der Waals surface area contributed by atoms with E-state index in [2.05, 4.69) is 36.1 Å². The first-order valence-corrected chi connectivity index (χ1v) is 12.9. The molecule has 5 rings (SSSR count). The number of piperazine rings is 1. The summed E-state index contributed by atoms with van der Waals surface area (Å²) < 4.78 is 47.5. The molecule has 2 aromatic carbocycles. The summed E-state index contributed by atoms with van der Waals surface area (Å²) in [5, 5.41) is 11.9. The highest BCUT2D eigenvalue weighted by atomic mass is 19.4. The van der Waals surface area contributed by atoms with Gasteiger partial charge in [-0.1, -0.05) is 19.4 Å². The van der Waals surface area contributed by atoms with Gasteiger partial charge in [-0.15, -0.1) is 0 Å². The molecule has 1 atom stereocenters. The third-order valence-electron chi connectivity index (χ3n) is 6.62. The summed E-state index contributed by atoms with van der Waals surface area (Å²) in [6.07, 6.45) is -2.43. The van der Waals surface area contributed by atoms with Gasteiger partial charge in [0.2, 0.25) is 5.95 Å². The molecule has 3 heterocycles. The highest BCUT2D eigenvalue weighted by molar-refractivity contribution is 6.03. The van der Waals surface area contributed by atoms with Crippen LogP contribution in [0.1, 0.15) is 35.7 Å². The molecule has 1 saturated heterocycles. The quantitative estimate of drug-likeness (QED) is 0.342. The molecule has 3 aromatic rings. The number of carbonyl (C=O) groups is 1. The van der Waals surface area contributed by atoms with Crippen LogP contribution in [0.5, 0.6) is 5.75 Å². The lowest BCUT2D eigenvalue weighted by molar-refractivity contribution is -0.137. The molecule has 12 heteroatoms. The molecule has 2 aliphatic rings. The Morgan fingerprint density at radius 3 is 2.59 bits per heavy atom. The van der Waals surface area contributed by atoms with Gasteiger partial charge in [0.25, 0.3) is 5.91 Å². The summed E-state index contributed by atoms with van der Waals surface area (Å²) in [7, 11) is 0. The van der Waals surface area contributed by atoms with Crippen molar-refractivity contribution in [2.45, 2.75) is 32.0 Å². The highest BCUT2D eigenvalue weighted by Gasteiger charge is 2.36. The first kappa shape index (κ1) is 26.5. The van der Waals surface area contributed by atoms with E-state index >= 15 is 0 Å². The zero-order valence-electron chi connectivity index (χ0n) is 21.4. The number of benzene rings is 2. The van der Waals surface area contributed by atoms with E-state index in [0.717, 1.165) is 50.9 Å². The number of hydrogen-bond acceptors (Lipinski definition) is 8. The number of aromatic nitrogens is 2. The molecule has 0 spiro atoms. The van der Waals surface area contributed by atoms with Gasteiger partial charge in [0.1, 0.15) is 29.3 Å². The second-order valence-corrected chi connectivity index (χ2v) is 9.44. The van der Waals surface area contributed by atoms with Crippen LogP contribution in [0, 0.1) is 0 Å². The molecule has 1 amide bonds. The van der Waals surface area contributed by atoms with Gasteiger partial charge in [0, 0.05) is 43.8 Å². The Hall–Kier alpha value is -4.06. The van der Waals surface area contributed by atoms with Gasteiger partial charge in [0.05, 0.1) is 11.7 Å². The van der Waals surface area contributed by atoms with Crippen molar-refractivity contribution in [3.05, 3.63) is 59.8 Å². The number of nitrogens with zero attached hydrogens (tertiary/aromatic N) is 3. The Morgan fingerprint density at radius 2 is 1.87 bits per heavy atom. The first-order chi connectivity index (χ1) is 18.8. The SMILES string of the molecule is CCCC1COc2cccc(Nc3nc(Nc4ccc(N5CCNCC5)cc4)ncc3C(F)(F)F)c2C(=O)N1. The number of carbonyl (C=O) groups excluding carboxylic acids is 1. The molecule has 1 unspecified atom stereocenters. The van der Waals surface area contributed by atoms with E-state index in [1.54, 1.807) is 12.1 Å². The fraction of sp³-hybridized carbons (Fsp3) is 0.370. The molecule has 0 aliphatic carbocycles. The molecule has 0 radical (unpaired) electrons. The predicted octanol–water partition coefficient (Wildman–Crippen LogP) is 4.68. The smallest absolute Gasteiger partial charge is 0.421 e. The average Bonchev–Trinajstić information content (AvgIpc) is 3.08. The van der Waals surface area contributed by atoms with Gasteiger partial charge in [-0.2, -0.15) is 18.2 Å². The van der Waals surface area contributed by atoms with Crippen molar-refractivity contribution in [2.75, 3.05) is 48.3 Å². The number of alkyl halides is 3. The molecule has 0 bridgehead atoms. The minimum absolute atomic E-state index is 0.0221. The van der Waals surface area contributed by atoms with E-state index in [-0.39, 0.29) is 29.8 Å². The zero-order chi connectivity index (χ0) is 27.4. The zero-order valence-corrected chi connectivity index (χ0v) is 21.4. The van der Waals surface area contributed by atoms with Crippen LogP contribution in [0.25, 0.3) is 0 Å².